The minimum atomic E-state index is 0.721. The molecule has 0 amide bonds. The topological polar surface area (TPSA) is 24.5 Å². The number of piperidine rings is 1. The van der Waals surface area contributed by atoms with Crippen LogP contribution in [0.1, 0.15) is 33.1 Å². The molecule has 15 heavy (non-hydrogen) atoms. The van der Waals surface area contributed by atoms with Gasteiger partial charge in [-0.1, -0.05) is 6.92 Å². The van der Waals surface area contributed by atoms with Gasteiger partial charge in [-0.05, 0) is 45.8 Å². The fraction of sp³-hybridized carbons (Fsp3) is 1.00. The Kier molecular flexibility index (Phi) is 6.98. The molecule has 1 fully saturated rings. The summed E-state index contributed by atoms with van der Waals surface area (Å²) in [5.74, 6) is 0. The third-order valence-electron chi connectivity index (χ3n) is 3.01. The molecule has 1 aliphatic rings. The van der Waals surface area contributed by atoms with Crippen LogP contribution in [0.5, 0.6) is 0 Å². The van der Waals surface area contributed by atoms with E-state index in [9.17, 15) is 0 Å². The highest BCUT2D eigenvalue weighted by molar-refractivity contribution is 4.76. The zero-order valence-corrected chi connectivity index (χ0v) is 10.3. The standard InChI is InChI=1S/C12H26N2O/c1-3-8-14-9-5-12(6-10-14)13-7-11-15-4-2/h12-13H,3-11H2,1-2H3. The van der Waals surface area contributed by atoms with Gasteiger partial charge in [0.2, 0.25) is 0 Å². The minimum Gasteiger partial charge on any atom is -0.380 e. The lowest BCUT2D eigenvalue weighted by molar-refractivity contribution is 0.139. The highest BCUT2D eigenvalue weighted by atomic mass is 16.5. The first-order chi connectivity index (χ1) is 7.36. The molecule has 0 aromatic heterocycles. The molecule has 0 aromatic rings. The third-order valence-corrected chi connectivity index (χ3v) is 3.01. The van der Waals surface area contributed by atoms with E-state index >= 15 is 0 Å². The Labute approximate surface area is 94.2 Å². The van der Waals surface area contributed by atoms with Gasteiger partial charge in [-0.2, -0.15) is 0 Å². The average molecular weight is 214 g/mol. The van der Waals surface area contributed by atoms with Crippen molar-refractivity contribution in [2.45, 2.75) is 39.2 Å². The zero-order chi connectivity index (χ0) is 10.9. The number of rotatable bonds is 7. The van der Waals surface area contributed by atoms with Crippen LogP contribution in [-0.2, 0) is 4.74 Å². The average Bonchev–Trinajstić information content (AvgIpc) is 2.27. The van der Waals surface area contributed by atoms with Crippen molar-refractivity contribution in [3.8, 4) is 0 Å². The van der Waals surface area contributed by atoms with Gasteiger partial charge in [-0.3, -0.25) is 0 Å². The second-order valence-electron chi connectivity index (χ2n) is 4.27. The van der Waals surface area contributed by atoms with Crippen molar-refractivity contribution in [1.82, 2.24) is 10.2 Å². The van der Waals surface area contributed by atoms with Gasteiger partial charge in [-0.15, -0.1) is 0 Å². The highest BCUT2D eigenvalue weighted by Crippen LogP contribution is 2.10. The summed E-state index contributed by atoms with van der Waals surface area (Å²) in [4.78, 5) is 2.57. The third kappa shape index (κ3) is 5.50. The molecule has 3 heteroatoms. The summed E-state index contributed by atoms with van der Waals surface area (Å²) in [6.07, 6.45) is 3.88. The molecule has 3 nitrogen and oxygen atoms in total. The number of nitrogens with one attached hydrogen (secondary N) is 1. The van der Waals surface area contributed by atoms with E-state index in [2.05, 4.69) is 17.1 Å². The van der Waals surface area contributed by atoms with E-state index in [-0.39, 0.29) is 0 Å². The van der Waals surface area contributed by atoms with Gasteiger partial charge >= 0.3 is 0 Å². The van der Waals surface area contributed by atoms with Crippen LogP contribution < -0.4 is 5.32 Å². The molecule has 0 unspecified atom stereocenters. The Morgan fingerprint density at radius 3 is 2.60 bits per heavy atom. The van der Waals surface area contributed by atoms with E-state index in [0.717, 1.165) is 25.8 Å². The number of likely N-dealkylation sites (tertiary alicyclic amines) is 1. The summed E-state index contributed by atoms with van der Waals surface area (Å²) < 4.78 is 5.31. The predicted molar refractivity (Wildman–Crippen MR) is 64.2 cm³/mol. The van der Waals surface area contributed by atoms with Crippen LogP contribution in [0.2, 0.25) is 0 Å². The van der Waals surface area contributed by atoms with Crippen molar-refractivity contribution in [3.05, 3.63) is 0 Å². The van der Waals surface area contributed by atoms with Crippen LogP contribution in [0.3, 0.4) is 0 Å². The zero-order valence-electron chi connectivity index (χ0n) is 10.3. The molecular weight excluding hydrogens is 188 g/mol. The van der Waals surface area contributed by atoms with Gasteiger partial charge < -0.3 is 15.0 Å². The molecule has 0 radical (unpaired) electrons. The largest absolute Gasteiger partial charge is 0.380 e. The van der Waals surface area contributed by atoms with Gasteiger partial charge in [0.1, 0.15) is 0 Å². The first-order valence-electron chi connectivity index (χ1n) is 6.40. The van der Waals surface area contributed by atoms with Crippen LogP contribution >= 0.6 is 0 Å². The molecule has 1 N–H and O–H groups in total. The maximum atomic E-state index is 5.31. The number of hydrogen-bond donors (Lipinski definition) is 1. The smallest absolute Gasteiger partial charge is 0.0590 e. The summed E-state index contributed by atoms with van der Waals surface area (Å²) in [6, 6.07) is 0.721. The number of nitrogens with zero attached hydrogens (tertiary/aromatic N) is 1. The SMILES string of the molecule is CCCN1CCC(NCCOCC)CC1. The fourth-order valence-electron chi connectivity index (χ4n) is 2.16. The van der Waals surface area contributed by atoms with E-state index in [1.54, 1.807) is 0 Å². The van der Waals surface area contributed by atoms with E-state index in [0.29, 0.717) is 0 Å². The minimum absolute atomic E-state index is 0.721. The first kappa shape index (κ1) is 12.9. The predicted octanol–water partition coefficient (Wildman–Crippen LogP) is 1.49. The van der Waals surface area contributed by atoms with Crippen LogP contribution in [0.4, 0.5) is 0 Å². The molecular formula is C12H26N2O. The van der Waals surface area contributed by atoms with Crippen molar-refractivity contribution in [2.75, 3.05) is 39.4 Å². The van der Waals surface area contributed by atoms with Gasteiger partial charge in [0.25, 0.3) is 0 Å². The van der Waals surface area contributed by atoms with E-state index < -0.39 is 0 Å². The van der Waals surface area contributed by atoms with Gasteiger partial charge in [0, 0.05) is 19.2 Å². The number of hydrogen-bond acceptors (Lipinski definition) is 3. The number of ether oxygens (including phenoxy) is 1. The summed E-state index contributed by atoms with van der Waals surface area (Å²) in [7, 11) is 0. The fourth-order valence-corrected chi connectivity index (χ4v) is 2.16. The molecule has 1 heterocycles. The lowest BCUT2D eigenvalue weighted by Gasteiger charge is -2.32. The molecule has 0 atom stereocenters. The van der Waals surface area contributed by atoms with Crippen molar-refractivity contribution >= 4 is 0 Å². The Balaban J connectivity index is 1.99. The molecule has 0 bridgehead atoms. The molecule has 1 saturated heterocycles. The molecule has 1 aliphatic heterocycles. The molecule has 0 aliphatic carbocycles. The van der Waals surface area contributed by atoms with Crippen LogP contribution in [0.25, 0.3) is 0 Å². The second kappa shape index (κ2) is 8.08. The maximum absolute atomic E-state index is 5.31. The van der Waals surface area contributed by atoms with Gasteiger partial charge in [0.15, 0.2) is 0 Å². The first-order valence-corrected chi connectivity index (χ1v) is 6.40. The Morgan fingerprint density at radius 2 is 2.00 bits per heavy atom. The lowest BCUT2D eigenvalue weighted by Crippen LogP contribution is -2.43. The van der Waals surface area contributed by atoms with E-state index in [1.807, 2.05) is 6.92 Å². The maximum Gasteiger partial charge on any atom is 0.0590 e. The van der Waals surface area contributed by atoms with Crippen LogP contribution in [0.15, 0.2) is 0 Å². The van der Waals surface area contributed by atoms with E-state index in [4.69, 9.17) is 4.74 Å². The molecule has 1 rings (SSSR count). The molecule has 90 valence electrons. The normalized spacial score (nSPS) is 19.6. The Morgan fingerprint density at radius 1 is 1.27 bits per heavy atom. The second-order valence-corrected chi connectivity index (χ2v) is 4.27. The van der Waals surface area contributed by atoms with Crippen molar-refractivity contribution in [2.24, 2.45) is 0 Å². The van der Waals surface area contributed by atoms with E-state index in [1.165, 1.54) is 38.9 Å². The summed E-state index contributed by atoms with van der Waals surface area (Å²) in [5.41, 5.74) is 0. The Hall–Kier alpha value is -0.120. The summed E-state index contributed by atoms with van der Waals surface area (Å²) in [6.45, 7) is 10.8. The van der Waals surface area contributed by atoms with Gasteiger partial charge in [0.05, 0.1) is 6.61 Å². The summed E-state index contributed by atoms with van der Waals surface area (Å²) in [5, 5.41) is 3.57. The molecule has 0 spiro atoms. The molecule has 0 saturated carbocycles. The monoisotopic (exact) mass is 214 g/mol. The lowest BCUT2D eigenvalue weighted by atomic mass is 10.1. The van der Waals surface area contributed by atoms with Crippen molar-refractivity contribution in [1.29, 1.82) is 0 Å². The Bertz CT molecular complexity index is 142. The molecule has 0 aromatic carbocycles. The summed E-state index contributed by atoms with van der Waals surface area (Å²) >= 11 is 0. The van der Waals surface area contributed by atoms with Gasteiger partial charge in [-0.25, -0.2) is 0 Å². The van der Waals surface area contributed by atoms with Crippen molar-refractivity contribution in [3.63, 3.8) is 0 Å². The van der Waals surface area contributed by atoms with Crippen molar-refractivity contribution < 1.29 is 4.74 Å². The highest BCUT2D eigenvalue weighted by Gasteiger charge is 2.17. The quantitative estimate of drug-likeness (QED) is 0.650. The van der Waals surface area contributed by atoms with Crippen LogP contribution in [0, 0.1) is 0 Å². The van der Waals surface area contributed by atoms with Crippen LogP contribution in [-0.4, -0.2) is 50.3 Å².